The lowest BCUT2D eigenvalue weighted by Crippen LogP contribution is -1.84. The minimum absolute atomic E-state index is 0.923. The van der Waals surface area contributed by atoms with Gasteiger partial charge in [0.1, 0.15) is 0 Å². The highest BCUT2D eigenvalue weighted by Crippen LogP contribution is 1.93. The van der Waals surface area contributed by atoms with Crippen molar-refractivity contribution in [1.29, 1.82) is 0 Å². The average Bonchev–Trinajstić information content (AvgIpc) is 2.57. The molecule has 0 aromatic carbocycles. The zero-order valence-corrected chi connectivity index (χ0v) is 7.45. The molecule has 0 aliphatic rings. The summed E-state index contributed by atoms with van der Waals surface area (Å²) in [5, 5.41) is 0. The summed E-state index contributed by atoms with van der Waals surface area (Å²) in [7, 11) is 0. The number of H-pyrrole nitrogens is 1. The first-order chi connectivity index (χ1) is 5.93. The van der Waals surface area contributed by atoms with Gasteiger partial charge in [0, 0.05) is 12.8 Å². The van der Waals surface area contributed by atoms with Gasteiger partial charge in [0.2, 0.25) is 0 Å². The van der Waals surface area contributed by atoms with Gasteiger partial charge in [-0.05, 0) is 6.42 Å². The summed E-state index contributed by atoms with van der Waals surface area (Å²) in [5.74, 6) is 0. The summed E-state index contributed by atoms with van der Waals surface area (Å²) >= 11 is 0. The Labute approximate surface area is 72.9 Å². The molecule has 0 saturated heterocycles. The number of rotatable bonds is 5. The van der Waals surface area contributed by atoms with E-state index in [0.717, 1.165) is 12.2 Å². The molecule has 0 atom stereocenters. The summed E-state index contributed by atoms with van der Waals surface area (Å²) in [6.07, 6.45) is 8.96. The van der Waals surface area contributed by atoms with Crippen molar-refractivity contribution < 1.29 is 0 Å². The van der Waals surface area contributed by atoms with E-state index in [4.69, 9.17) is 0 Å². The number of nitrogens with one attached hydrogen (secondary N) is 1. The summed E-state index contributed by atoms with van der Waals surface area (Å²) in [5.41, 5.74) is 0.978. The Balaban J connectivity index is 2.14. The number of aromatic nitrogens is 2. The van der Waals surface area contributed by atoms with Gasteiger partial charge >= 0.3 is 0 Å². The molecule has 0 amide bonds. The maximum absolute atomic E-state index is 4.26. The lowest BCUT2D eigenvalue weighted by atomic mass is 10.2. The molecule has 3 nitrogen and oxygen atoms in total. The van der Waals surface area contributed by atoms with Crippen molar-refractivity contribution in [3.05, 3.63) is 18.2 Å². The van der Waals surface area contributed by atoms with Crippen LogP contribution in [0.15, 0.2) is 17.5 Å². The number of unbranched alkanes of at least 4 members (excludes halogenated alkanes) is 2. The van der Waals surface area contributed by atoms with Crippen LogP contribution < -0.4 is 0 Å². The zero-order chi connectivity index (χ0) is 8.65. The van der Waals surface area contributed by atoms with Gasteiger partial charge in [0.25, 0.3) is 0 Å². The molecular formula is C9H15N3. The third kappa shape index (κ3) is 3.32. The predicted octanol–water partition coefficient (Wildman–Crippen LogP) is 2.02. The van der Waals surface area contributed by atoms with Crippen LogP contribution >= 0.6 is 0 Å². The largest absolute Gasteiger partial charge is 0.344 e. The van der Waals surface area contributed by atoms with Crippen LogP contribution in [-0.2, 0) is 0 Å². The molecule has 0 spiro atoms. The fourth-order valence-electron chi connectivity index (χ4n) is 0.953. The van der Waals surface area contributed by atoms with Crippen LogP contribution in [0.5, 0.6) is 0 Å². The maximum Gasteiger partial charge on any atom is 0.0924 e. The molecule has 0 radical (unpaired) electrons. The number of nitrogens with zero attached hydrogens (tertiary/aromatic N) is 2. The van der Waals surface area contributed by atoms with Gasteiger partial charge in [-0.15, -0.1) is 0 Å². The van der Waals surface area contributed by atoms with E-state index in [0.29, 0.717) is 0 Å². The molecule has 66 valence electrons. The Bertz CT molecular complexity index is 214. The quantitative estimate of drug-likeness (QED) is 0.526. The second-order valence-corrected chi connectivity index (χ2v) is 2.75. The van der Waals surface area contributed by atoms with E-state index in [1.165, 1.54) is 19.3 Å². The molecule has 12 heavy (non-hydrogen) atoms. The monoisotopic (exact) mass is 165 g/mol. The summed E-state index contributed by atoms with van der Waals surface area (Å²) in [6.45, 7) is 3.12. The first kappa shape index (κ1) is 8.97. The van der Waals surface area contributed by atoms with Crippen molar-refractivity contribution in [2.75, 3.05) is 6.54 Å². The Morgan fingerprint density at radius 1 is 1.58 bits per heavy atom. The predicted molar refractivity (Wildman–Crippen MR) is 50.6 cm³/mol. The van der Waals surface area contributed by atoms with E-state index >= 15 is 0 Å². The van der Waals surface area contributed by atoms with Gasteiger partial charge < -0.3 is 4.98 Å². The van der Waals surface area contributed by atoms with Crippen molar-refractivity contribution >= 4 is 6.21 Å². The smallest absolute Gasteiger partial charge is 0.0924 e. The molecule has 1 aromatic rings. The number of imidazole rings is 1. The average molecular weight is 165 g/mol. The van der Waals surface area contributed by atoms with Crippen molar-refractivity contribution in [3.63, 3.8) is 0 Å². The van der Waals surface area contributed by atoms with Gasteiger partial charge in [-0.3, -0.25) is 4.99 Å². The van der Waals surface area contributed by atoms with Gasteiger partial charge in [0.15, 0.2) is 0 Å². The first-order valence-corrected chi connectivity index (χ1v) is 4.41. The molecule has 1 N–H and O–H groups in total. The van der Waals surface area contributed by atoms with E-state index < -0.39 is 0 Å². The Morgan fingerprint density at radius 3 is 3.17 bits per heavy atom. The number of hydrogen-bond acceptors (Lipinski definition) is 2. The highest BCUT2D eigenvalue weighted by atomic mass is 14.9. The molecule has 0 bridgehead atoms. The molecule has 1 rings (SSSR count). The van der Waals surface area contributed by atoms with Crippen LogP contribution in [0.2, 0.25) is 0 Å². The number of aromatic amines is 1. The van der Waals surface area contributed by atoms with Crippen molar-refractivity contribution in [2.24, 2.45) is 4.99 Å². The maximum atomic E-state index is 4.26. The zero-order valence-electron chi connectivity index (χ0n) is 7.45. The highest BCUT2D eigenvalue weighted by Gasteiger charge is 1.85. The van der Waals surface area contributed by atoms with Crippen LogP contribution in [0.1, 0.15) is 31.9 Å². The highest BCUT2D eigenvalue weighted by molar-refractivity contribution is 5.76. The second-order valence-electron chi connectivity index (χ2n) is 2.75. The van der Waals surface area contributed by atoms with E-state index in [-0.39, 0.29) is 0 Å². The fourth-order valence-corrected chi connectivity index (χ4v) is 0.953. The van der Waals surface area contributed by atoms with E-state index in [1.54, 1.807) is 12.5 Å². The standard InChI is InChI=1S/C9H15N3/c1-2-3-4-5-10-6-9-7-11-8-12-9/h6-8H,2-5H2,1H3,(H,11,12). The normalized spacial score (nSPS) is 11.1. The van der Waals surface area contributed by atoms with Crippen LogP contribution in [0.4, 0.5) is 0 Å². The van der Waals surface area contributed by atoms with Crippen molar-refractivity contribution in [1.82, 2.24) is 9.97 Å². The molecule has 1 heterocycles. The molecule has 1 aromatic heterocycles. The van der Waals surface area contributed by atoms with E-state index in [1.807, 2.05) is 6.21 Å². The third-order valence-corrected chi connectivity index (χ3v) is 1.64. The van der Waals surface area contributed by atoms with Gasteiger partial charge in [-0.2, -0.15) is 0 Å². The van der Waals surface area contributed by atoms with Gasteiger partial charge in [-0.1, -0.05) is 19.8 Å². The summed E-state index contributed by atoms with van der Waals surface area (Å²) < 4.78 is 0. The SMILES string of the molecule is CCCCCN=Cc1cnc[nH]1. The summed E-state index contributed by atoms with van der Waals surface area (Å²) in [4.78, 5) is 11.1. The van der Waals surface area contributed by atoms with Crippen molar-refractivity contribution in [2.45, 2.75) is 26.2 Å². The van der Waals surface area contributed by atoms with Gasteiger partial charge in [-0.25, -0.2) is 4.98 Å². The fraction of sp³-hybridized carbons (Fsp3) is 0.556. The summed E-state index contributed by atoms with van der Waals surface area (Å²) in [6, 6.07) is 0. The molecule has 0 fully saturated rings. The van der Waals surface area contributed by atoms with E-state index in [9.17, 15) is 0 Å². The first-order valence-electron chi connectivity index (χ1n) is 4.41. The Hall–Kier alpha value is -1.12. The molecule has 3 heteroatoms. The molecule has 0 aliphatic carbocycles. The Morgan fingerprint density at radius 2 is 2.50 bits per heavy atom. The molecule has 0 aliphatic heterocycles. The molecular weight excluding hydrogens is 150 g/mol. The second kappa shape index (κ2) is 5.52. The van der Waals surface area contributed by atoms with Gasteiger partial charge in [0.05, 0.1) is 18.2 Å². The lowest BCUT2D eigenvalue weighted by Gasteiger charge is -1.90. The molecule has 0 unspecified atom stereocenters. The van der Waals surface area contributed by atoms with Crippen LogP contribution in [-0.4, -0.2) is 22.7 Å². The van der Waals surface area contributed by atoms with Crippen molar-refractivity contribution in [3.8, 4) is 0 Å². The third-order valence-electron chi connectivity index (χ3n) is 1.64. The van der Waals surface area contributed by atoms with Crippen LogP contribution in [0.25, 0.3) is 0 Å². The van der Waals surface area contributed by atoms with Crippen LogP contribution in [0, 0.1) is 0 Å². The Kier molecular flexibility index (Phi) is 4.13. The van der Waals surface area contributed by atoms with Crippen LogP contribution in [0.3, 0.4) is 0 Å². The number of aliphatic imine (C=N–C) groups is 1. The lowest BCUT2D eigenvalue weighted by molar-refractivity contribution is 0.729. The number of hydrogen-bond donors (Lipinski definition) is 1. The topological polar surface area (TPSA) is 41.0 Å². The van der Waals surface area contributed by atoms with E-state index in [2.05, 4.69) is 21.9 Å². The molecule has 0 saturated carbocycles. The minimum atomic E-state index is 0.923. The minimum Gasteiger partial charge on any atom is -0.344 e.